The number of aryl methyl sites for hydroxylation is 1. The number of ether oxygens (including phenoxy) is 1. The maximum Gasteiger partial charge on any atom is 0.305 e. The normalized spacial score (nSPS) is 10.2. The third-order valence-electron chi connectivity index (χ3n) is 2.48. The molecule has 100 valence electrons. The predicted molar refractivity (Wildman–Crippen MR) is 72.1 cm³/mol. The van der Waals surface area contributed by atoms with Gasteiger partial charge in [0.05, 0.1) is 24.9 Å². The molecule has 1 aromatic heterocycles. The molecule has 0 radical (unpaired) electrons. The third kappa shape index (κ3) is 3.75. The highest BCUT2D eigenvalue weighted by atomic mass is 32.1. The minimum absolute atomic E-state index is 0.267. The highest BCUT2D eigenvalue weighted by Crippen LogP contribution is 2.23. The molecule has 2 rings (SSSR count). The summed E-state index contributed by atoms with van der Waals surface area (Å²) in [5.74, 6) is -0.592. The van der Waals surface area contributed by atoms with E-state index in [1.807, 2.05) is 5.38 Å². The number of nitrogens with one attached hydrogen (secondary N) is 1. The molecule has 0 amide bonds. The van der Waals surface area contributed by atoms with Gasteiger partial charge in [-0.3, -0.25) is 4.79 Å². The fourth-order valence-corrected chi connectivity index (χ4v) is 2.25. The molecule has 4 nitrogen and oxygen atoms in total. The van der Waals surface area contributed by atoms with Crippen molar-refractivity contribution >= 4 is 28.1 Å². The molecule has 0 aliphatic rings. The molecule has 0 aliphatic heterocycles. The molecular formula is C13H13FN2O2S. The van der Waals surface area contributed by atoms with Crippen molar-refractivity contribution in [3.05, 3.63) is 41.2 Å². The largest absolute Gasteiger partial charge is 0.469 e. The zero-order valence-electron chi connectivity index (χ0n) is 10.4. The summed E-state index contributed by atoms with van der Waals surface area (Å²) in [6.07, 6.45) is 0.807. The van der Waals surface area contributed by atoms with Crippen molar-refractivity contribution in [3.8, 4) is 0 Å². The number of esters is 1. The van der Waals surface area contributed by atoms with Gasteiger partial charge < -0.3 is 10.1 Å². The van der Waals surface area contributed by atoms with Gasteiger partial charge in [0.25, 0.3) is 0 Å². The molecule has 1 heterocycles. The summed E-state index contributed by atoms with van der Waals surface area (Å²) in [5, 5.41) is 5.35. The summed E-state index contributed by atoms with van der Waals surface area (Å²) in [6.45, 7) is 0. The fraction of sp³-hybridized carbons (Fsp3) is 0.231. The Hall–Kier alpha value is -1.95. The number of hydrogen-bond donors (Lipinski definition) is 1. The standard InChI is InChI=1S/C13H13FN2O2S/c1-18-12(17)7-6-9-8-19-13(15-9)16-11-5-3-2-4-10(11)14/h2-5,8H,6-7H2,1H3,(H,15,16). The number of para-hydroxylation sites is 1. The lowest BCUT2D eigenvalue weighted by molar-refractivity contribution is -0.140. The van der Waals surface area contributed by atoms with Crippen LogP contribution in [0.25, 0.3) is 0 Å². The number of nitrogens with zero attached hydrogens (tertiary/aromatic N) is 1. The van der Waals surface area contributed by atoms with Crippen molar-refractivity contribution in [2.45, 2.75) is 12.8 Å². The van der Waals surface area contributed by atoms with Gasteiger partial charge in [-0.1, -0.05) is 12.1 Å². The summed E-state index contributed by atoms with van der Waals surface area (Å²) in [5.41, 5.74) is 1.17. The van der Waals surface area contributed by atoms with Crippen LogP contribution in [0.3, 0.4) is 0 Å². The van der Waals surface area contributed by atoms with Crippen molar-refractivity contribution in [1.29, 1.82) is 0 Å². The van der Waals surface area contributed by atoms with Crippen LogP contribution in [0.5, 0.6) is 0 Å². The van der Waals surface area contributed by atoms with Gasteiger partial charge >= 0.3 is 5.97 Å². The number of carbonyl (C=O) groups excluding carboxylic acids is 1. The van der Waals surface area contributed by atoms with Crippen molar-refractivity contribution < 1.29 is 13.9 Å². The van der Waals surface area contributed by atoms with Crippen LogP contribution in [0.4, 0.5) is 15.2 Å². The molecule has 6 heteroatoms. The number of rotatable bonds is 5. The van der Waals surface area contributed by atoms with Crippen molar-refractivity contribution in [2.75, 3.05) is 12.4 Å². The van der Waals surface area contributed by atoms with Crippen molar-refractivity contribution in [1.82, 2.24) is 4.98 Å². The van der Waals surface area contributed by atoms with E-state index in [9.17, 15) is 9.18 Å². The quantitative estimate of drug-likeness (QED) is 0.855. The number of benzene rings is 1. The van der Waals surface area contributed by atoms with Crippen LogP contribution in [0.2, 0.25) is 0 Å². The summed E-state index contributed by atoms with van der Waals surface area (Å²) in [6, 6.07) is 6.40. The molecule has 2 aromatic rings. The summed E-state index contributed by atoms with van der Waals surface area (Å²) >= 11 is 1.37. The number of thiazole rings is 1. The monoisotopic (exact) mass is 280 g/mol. The fourth-order valence-electron chi connectivity index (χ4n) is 1.49. The molecule has 0 fully saturated rings. The van der Waals surface area contributed by atoms with E-state index in [0.717, 1.165) is 5.69 Å². The third-order valence-corrected chi connectivity index (χ3v) is 3.29. The average Bonchev–Trinajstić information content (AvgIpc) is 2.86. The van der Waals surface area contributed by atoms with E-state index < -0.39 is 0 Å². The Morgan fingerprint density at radius 3 is 3.00 bits per heavy atom. The second-order valence-electron chi connectivity index (χ2n) is 3.82. The van der Waals surface area contributed by atoms with Crippen molar-refractivity contribution in [3.63, 3.8) is 0 Å². The van der Waals surface area contributed by atoms with Gasteiger partial charge in [0.15, 0.2) is 5.13 Å². The Bertz CT molecular complexity index is 571. The highest BCUT2D eigenvalue weighted by Gasteiger charge is 2.07. The average molecular weight is 280 g/mol. The molecule has 0 spiro atoms. The predicted octanol–water partition coefficient (Wildman–Crippen LogP) is 3.13. The second-order valence-corrected chi connectivity index (χ2v) is 4.68. The molecule has 0 saturated heterocycles. The van der Waals surface area contributed by atoms with Gasteiger partial charge in [-0.25, -0.2) is 9.37 Å². The molecule has 0 saturated carbocycles. The number of methoxy groups -OCH3 is 1. The Balaban J connectivity index is 1.98. The minimum atomic E-state index is -0.325. The molecule has 1 aromatic carbocycles. The van der Waals surface area contributed by atoms with Gasteiger partial charge in [0, 0.05) is 11.8 Å². The van der Waals surface area contributed by atoms with Gasteiger partial charge in [-0.05, 0) is 12.1 Å². The van der Waals surface area contributed by atoms with E-state index in [2.05, 4.69) is 15.0 Å². The topological polar surface area (TPSA) is 51.2 Å². The van der Waals surface area contributed by atoms with Crippen LogP contribution < -0.4 is 5.32 Å². The van der Waals surface area contributed by atoms with Crippen LogP contribution in [0.15, 0.2) is 29.6 Å². The van der Waals surface area contributed by atoms with Gasteiger partial charge in [-0.2, -0.15) is 0 Å². The first-order chi connectivity index (χ1) is 9.19. The van der Waals surface area contributed by atoms with Crippen LogP contribution in [0, 0.1) is 5.82 Å². The maximum atomic E-state index is 13.4. The van der Waals surface area contributed by atoms with Crippen LogP contribution in [-0.4, -0.2) is 18.1 Å². The highest BCUT2D eigenvalue weighted by molar-refractivity contribution is 7.13. The first-order valence-corrected chi connectivity index (χ1v) is 6.60. The SMILES string of the molecule is COC(=O)CCc1csc(Nc2ccccc2F)n1. The van der Waals surface area contributed by atoms with Crippen LogP contribution in [-0.2, 0) is 16.0 Å². The van der Waals surface area contributed by atoms with E-state index in [1.165, 1.54) is 24.5 Å². The smallest absolute Gasteiger partial charge is 0.305 e. The first-order valence-electron chi connectivity index (χ1n) is 5.72. The Labute approximate surface area is 114 Å². The molecular weight excluding hydrogens is 267 g/mol. The molecule has 0 unspecified atom stereocenters. The summed E-state index contributed by atoms with van der Waals surface area (Å²) in [4.78, 5) is 15.3. The van der Waals surface area contributed by atoms with Gasteiger partial charge in [0.1, 0.15) is 5.82 Å². The van der Waals surface area contributed by atoms with E-state index in [1.54, 1.807) is 18.2 Å². The van der Waals surface area contributed by atoms with Crippen molar-refractivity contribution in [2.24, 2.45) is 0 Å². The summed E-state index contributed by atoms with van der Waals surface area (Å²) in [7, 11) is 1.36. The first kappa shape index (κ1) is 13.5. The Morgan fingerprint density at radius 1 is 1.47 bits per heavy atom. The van der Waals surface area contributed by atoms with E-state index in [4.69, 9.17) is 0 Å². The van der Waals surface area contributed by atoms with E-state index in [-0.39, 0.29) is 11.8 Å². The number of carbonyl (C=O) groups is 1. The zero-order valence-corrected chi connectivity index (χ0v) is 11.2. The number of hydrogen-bond acceptors (Lipinski definition) is 5. The Morgan fingerprint density at radius 2 is 2.26 bits per heavy atom. The number of halogens is 1. The van der Waals surface area contributed by atoms with Gasteiger partial charge in [-0.15, -0.1) is 11.3 Å². The zero-order chi connectivity index (χ0) is 13.7. The number of aromatic nitrogens is 1. The van der Waals surface area contributed by atoms with Crippen LogP contribution >= 0.6 is 11.3 Å². The molecule has 0 bridgehead atoms. The minimum Gasteiger partial charge on any atom is -0.469 e. The Kier molecular flexibility index (Phi) is 4.46. The van der Waals surface area contributed by atoms with E-state index in [0.29, 0.717) is 23.7 Å². The van der Waals surface area contributed by atoms with Crippen LogP contribution in [0.1, 0.15) is 12.1 Å². The molecule has 19 heavy (non-hydrogen) atoms. The molecule has 1 N–H and O–H groups in total. The molecule has 0 aliphatic carbocycles. The maximum absolute atomic E-state index is 13.4. The lowest BCUT2D eigenvalue weighted by Gasteiger charge is -2.02. The van der Waals surface area contributed by atoms with Gasteiger partial charge in [0.2, 0.25) is 0 Å². The number of anilines is 2. The lowest BCUT2D eigenvalue weighted by Crippen LogP contribution is -2.02. The molecule has 0 atom stereocenters. The summed E-state index contributed by atoms with van der Waals surface area (Å²) < 4.78 is 18.0. The lowest BCUT2D eigenvalue weighted by atomic mass is 10.2. The second kappa shape index (κ2) is 6.29. The van der Waals surface area contributed by atoms with E-state index >= 15 is 0 Å².